The van der Waals surface area contributed by atoms with Crippen molar-refractivity contribution >= 4 is 19.8 Å². The number of rotatable bonds is 10. The van der Waals surface area contributed by atoms with Gasteiger partial charge in [-0.25, -0.2) is 0 Å². The molecule has 24 heavy (non-hydrogen) atoms. The van der Waals surface area contributed by atoms with Crippen molar-refractivity contribution in [2.75, 3.05) is 46.1 Å². The van der Waals surface area contributed by atoms with E-state index in [1.807, 2.05) is 6.08 Å². The van der Waals surface area contributed by atoms with Gasteiger partial charge in [-0.2, -0.15) is 0 Å². The normalized spacial score (nSPS) is 16.2. The van der Waals surface area contributed by atoms with Crippen molar-refractivity contribution < 1.29 is 13.6 Å². The van der Waals surface area contributed by atoms with E-state index < -0.39 is 8.56 Å². The topological polar surface area (TPSA) is 30.9 Å². The molecule has 0 radical (unpaired) electrons. The number of benzene rings is 1. The molecule has 0 aliphatic carbocycles. The van der Waals surface area contributed by atoms with Crippen LogP contribution >= 0.6 is 0 Å². The number of hydrogen-bond acceptors (Lipinski definition) is 4. The molecule has 1 aromatic carbocycles. The Kier molecular flexibility index (Phi) is 8.15. The van der Waals surface area contributed by atoms with Crippen LogP contribution in [-0.2, 0) is 13.6 Å². The van der Waals surface area contributed by atoms with Gasteiger partial charge >= 0.3 is 8.56 Å². The van der Waals surface area contributed by atoms with Gasteiger partial charge in [-0.1, -0.05) is 36.9 Å². The minimum Gasteiger partial charge on any atom is -0.391 e. The predicted octanol–water partition coefficient (Wildman–Crippen LogP) is 2.77. The second-order valence-electron chi connectivity index (χ2n) is 6.00. The van der Waals surface area contributed by atoms with E-state index in [2.05, 4.69) is 49.6 Å². The summed E-state index contributed by atoms with van der Waals surface area (Å²) in [6.07, 6.45) is 2.96. The van der Waals surface area contributed by atoms with Crippen LogP contribution in [0.4, 0.5) is 0 Å². The highest BCUT2D eigenvalue weighted by atomic mass is 28.4. The quantitative estimate of drug-likeness (QED) is 0.608. The van der Waals surface area contributed by atoms with Crippen molar-refractivity contribution in [1.29, 1.82) is 0 Å². The molecule has 2 rings (SSSR count). The summed E-state index contributed by atoms with van der Waals surface area (Å²) in [5.41, 5.74) is 1.13. The van der Waals surface area contributed by atoms with Gasteiger partial charge < -0.3 is 13.6 Å². The monoisotopic (exact) mass is 349 g/mol. The van der Waals surface area contributed by atoms with Gasteiger partial charge in [0.1, 0.15) is 0 Å². The van der Waals surface area contributed by atoms with Gasteiger partial charge in [0.05, 0.1) is 13.2 Å². The van der Waals surface area contributed by atoms with Crippen LogP contribution < -0.4 is 5.19 Å². The zero-order valence-electron chi connectivity index (χ0n) is 15.1. The fourth-order valence-corrected chi connectivity index (χ4v) is 6.42. The van der Waals surface area contributed by atoms with Crippen molar-refractivity contribution in [3.05, 3.63) is 36.4 Å². The molecule has 4 nitrogen and oxygen atoms in total. The molecule has 0 aromatic heterocycles. The van der Waals surface area contributed by atoms with Gasteiger partial charge in [0.15, 0.2) is 0 Å². The second-order valence-corrected chi connectivity index (χ2v) is 9.16. The Balaban J connectivity index is 2.07. The van der Waals surface area contributed by atoms with Crippen molar-refractivity contribution in [3.63, 3.8) is 0 Å². The molecule has 0 amide bonds. The molecule has 1 aliphatic rings. The smallest absolute Gasteiger partial charge is 0.372 e. The summed E-state index contributed by atoms with van der Waals surface area (Å²) >= 11 is 0. The first-order valence-electron chi connectivity index (χ1n) is 9.05. The fourth-order valence-electron chi connectivity index (χ4n) is 3.20. The average Bonchev–Trinajstić information content (AvgIpc) is 2.63. The van der Waals surface area contributed by atoms with E-state index in [0.29, 0.717) is 13.2 Å². The summed E-state index contributed by atoms with van der Waals surface area (Å²) < 4.78 is 18.0. The van der Waals surface area contributed by atoms with E-state index in [9.17, 15) is 0 Å². The first-order chi connectivity index (χ1) is 11.7. The third-order valence-corrected chi connectivity index (χ3v) is 8.16. The minimum atomic E-state index is -2.38. The molecule has 134 valence electrons. The Morgan fingerprint density at radius 1 is 1.12 bits per heavy atom. The molecule has 1 aliphatic heterocycles. The van der Waals surface area contributed by atoms with E-state index in [1.54, 1.807) is 0 Å². The molecular formula is C19H31NO3Si. The van der Waals surface area contributed by atoms with E-state index >= 15 is 0 Å². The second kappa shape index (κ2) is 10.1. The summed E-state index contributed by atoms with van der Waals surface area (Å²) in [6.45, 7) is 14.2. The van der Waals surface area contributed by atoms with Crippen LogP contribution in [0.25, 0.3) is 6.08 Å². The fraction of sp³-hybridized carbons (Fsp3) is 0.579. The summed E-state index contributed by atoms with van der Waals surface area (Å²) in [7, 11) is -2.38. The lowest BCUT2D eigenvalue weighted by Gasteiger charge is -2.32. The van der Waals surface area contributed by atoms with Gasteiger partial charge in [-0.3, -0.25) is 4.90 Å². The molecule has 0 saturated carbocycles. The standard InChI is InChI=1S/C19H31NO3Si/c1-4-18-8-10-19(11-9-18)24(22-5-2,23-6-3)17-7-12-20-13-15-21-16-14-20/h4,8-11H,1,5-7,12-17H2,2-3H3. The molecular weight excluding hydrogens is 318 g/mol. The summed E-state index contributed by atoms with van der Waals surface area (Å²) in [5.74, 6) is 0. The molecule has 0 atom stereocenters. The Bertz CT molecular complexity index is 480. The van der Waals surface area contributed by atoms with Gasteiger partial charge in [0.2, 0.25) is 0 Å². The van der Waals surface area contributed by atoms with Crippen LogP contribution in [0.2, 0.25) is 6.04 Å². The Morgan fingerprint density at radius 2 is 1.75 bits per heavy atom. The van der Waals surface area contributed by atoms with E-state index in [4.69, 9.17) is 13.6 Å². The first-order valence-corrected chi connectivity index (χ1v) is 11.1. The summed E-state index contributed by atoms with van der Waals surface area (Å²) in [4.78, 5) is 2.47. The third-order valence-electron chi connectivity index (χ3n) is 4.43. The molecule has 0 unspecified atom stereocenters. The lowest BCUT2D eigenvalue weighted by atomic mass is 10.2. The van der Waals surface area contributed by atoms with Crippen LogP contribution in [0.5, 0.6) is 0 Å². The molecule has 0 N–H and O–H groups in total. The van der Waals surface area contributed by atoms with Crippen LogP contribution in [0.15, 0.2) is 30.8 Å². The number of ether oxygens (including phenoxy) is 1. The number of hydrogen-bond donors (Lipinski definition) is 0. The van der Waals surface area contributed by atoms with Crippen molar-refractivity contribution in [1.82, 2.24) is 4.90 Å². The Hall–Kier alpha value is -0.983. The maximum atomic E-state index is 6.27. The lowest BCUT2D eigenvalue weighted by Crippen LogP contribution is -2.54. The Labute approximate surface area is 147 Å². The summed E-state index contributed by atoms with van der Waals surface area (Å²) in [5, 5.41) is 1.22. The average molecular weight is 350 g/mol. The van der Waals surface area contributed by atoms with Gasteiger partial charge in [-0.05, 0) is 43.6 Å². The van der Waals surface area contributed by atoms with Gasteiger partial charge in [0, 0.05) is 26.3 Å². The maximum absolute atomic E-state index is 6.27. The zero-order chi connectivity index (χ0) is 17.3. The van der Waals surface area contributed by atoms with Crippen LogP contribution in [0.3, 0.4) is 0 Å². The van der Waals surface area contributed by atoms with E-state index in [1.165, 1.54) is 5.19 Å². The Morgan fingerprint density at radius 3 is 2.29 bits per heavy atom. The van der Waals surface area contributed by atoms with E-state index in [-0.39, 0.29) is 0 Å². The van der Waals surface area contributed by atoms with Crippen LogP contribution in [0, 0.1) is 0 Å². The molecule has 0 spiro atoms. The van der Waals surface area contributed by atoms with Gasteiger partial charge in [-0.15, -0.1) is 0 Å². The lowest BCUT2D eigenvalue weighted by molar-refractivity contribution is 0.0376. The molecule has 5 heteroatoms. The zero-order valence-corrected chi connectivity index (χ0v) is 16.1. The molecule has 1 saturated heterocycles. The molecule has 0 bridgehead atoms. The van der Waals surface area contributed by atoms with Crippen LogP contribution in [-0.4, -0.2) is 59.5 Å². The highest BCUT2D eigenvalue weighted by molar-refractivity contribution is 6.81. The SMILES string of the molecule is C=Cc1ccc([Si](CCCN2CCOCC2)(OCC)OCC)cc1. The highest BCUT2D eigenvalue weighted by Crippen LogP contribution is 2.18. The van der Waals surface area contributed by atoms with Crippen LogP contribution in [0.1, 0.15) is 25.8 Å². The van der Waals surface area contributed by atoms with Gasteiger partial charge in [0.25, 0.3) is 0 Å². The highest BCUT2D eigenvalue weighted by Gasteiger charge is 2.39. The predicted molar refractivity (Wildman–Crippen MR) is 102 cm³/mol. The largest absolute Gasteiger partial charge is 0.391 e. The maximum Gasteiger partial charge on any atom is 0.372 e. The summed E-state index contributed by atoms with van der Waals surface area (Å²) in [6, 6.07) is 9.50. The molecule has 1 heterocycles. The van der Waals surface area contributed by atoms with E-state index in [0.717, 1.165) is 50.9 Å². The first kappa shape index (κ1) is 19.3. The van der Waals surface area contributed by atoms with Crippen molar-refractivity contribution in [2.24, 2.45) is 0 Å². The van der Waals surface area contributed by atoms with Crippen molar-refractivity contribution in [2.45, 2.75) is 26.3 Å². The number of morpholine rings is 1. The minimum absolute atomic E-state index is 0.687. The molecule has 1 fully saturated rings. The third kappa shape index (κ3) is 5.26. The van der Waals surface area contributed by atoms with Crippen molar-refractivity contribution in [3.8, 4) is 0 Å². The molecule has 1 aromatic rings. The number of nitrogens with zero attached hydrogens (tertiary/aromatic N) is 1.